The van der Waals surface area contributed by atoms with Crippen molar-refractivity contribution in [1.82, 2.24) is 14.3 Å². The van der Waals surface area contributed by atoms with Gasteiger partial charge in [0.05, 0.1) is 17.9 Å². The number of fused-ring (bicyclic) bond motifs is 1. The summed E-state index contributed by atoms with van der Waals surface area (Å²) >= 11 is 0. The van der Waals surface area contributed by atoms with E-state index in [1.165, 1.54) is 11.3 Å². The van der Waals surface area contributed by atoms with E-state index < -0.39 is 0 Å². The van der Waals surface area contributed by atoms with Gasteiger partial charge in [0.25, 0.3) is 0 Å². The van der Waals surface area contributed by atoms with Gasteiger partial charge in [-0.15, -0.1) is 0 Å². The van der Waals surface area contributed by atoms with Crippen molar-refractivity contribution >= 4 is 17.2 Å². The summed E-state index contributed by atoms with van der Waals surface area (Å²) in [5.74, 6) is 0.506. The second kappa shape index (κ2) is 9.33. The number of carbonyl (C=O) groups is 1. The van der Waals surface area contributed by atoms with Crippen LogP contribution in [0.1, 0.15) is 45.4 Å². The van der Waals surface area contributed by atoms with Crippen LogP contribution in [0.5, 0.6) is 0 Å². The summed E-state index contributed by atoms with van der Waals surface area (Å²) < 4.78 is 2.13. The standard InChI is InChI=1S/C25H34N4O/c1-7-28(8-2)21-12-10-20(11-13-21)25-22(17-27(6)24(30)15-18(3)4)29-16-19(5)9-14-23(29)26-25/h9-14,16,18H,7-8,15,17H2,1-6H3. The molecule has 30 heavy (non-hydrogen) atoms. The highest BCUT2D eigenvalue weighted by molar-refractivity contribution is 5.77. The van der Waals surface area contributed by atoms with E-state index in [0.29, 0.717) is 18.9 Å². The third-order valence-electron chi connectivity index (χ3n) is 5.53. The van der Waals surface area contributed by atoms with E-state index in [1.807, 2.05) is 18.0 Å². The summed E-state index contributed by atoms with van der Waals surface area (Å²) in [6.07, 6.45) is 2.66. The summed E-state index contributed by atoms with van der Waals surface area (Å²) in [6.45, 7) is 13.1. The smallest absolute Gasteiger partial charge is 0.222 e. The Morgan fingerprint density at radius 1 is 1.07 bits per heavy atom. The highest BCUT2D eigenvalue weighted by atomic mass is 16.2. The number of anilines is 1. The Balaban J connectivity index is 2.02. The van der Waals surface area contributed by atoms with Gasteiger partial charge in [-0.2, -0.15) is 0 Å². The van der Waals surface area contributed by atoms with Gasteiger partial charge in [-0.1, -0.05) is 32.0 Å². The number of amides is 1. The van der Waals surface area contributed by atoms with Gasteiger partial charge in [-0.05, 0) is 50.5 Å². The monoisotopic (exact) mass is 406 g/mol. The maximum absolute atomic E-state index is 12.6. The highest BCUT2D eigenvalue weighted by Crippen LogP contribution is 2.28. The van der Waals surface area contributed by atoms with Gasteiger partial charge in [-0.25, -0.2) is 4.98 Å². The number of benzene rings is 1. The zero-order valence-electron chi connectivity index (χ0n) is 19.1. The van der Waals surface area contributed by atoms with Crippen LogP contribution in [-0.4, -0.2) is 40.3 Å². The van der Waals surface area contributed by atoms with E-state index in [1.54, 1.807) is 0 Å². The summed E-state index contributed by atoms with van der Waals surface area (Å²) in [4.78, 5) is 21.7. The molecule has 5 heteroatoms. The van der Waals surface area contributed by atoms with Gasteiger partial charge >= 0.3 is 0 Å². The quantitative estimate of drug-likeness (QED) is 0.519. The van der Waals surface area contributed by atoms with Gasteiger partial charge in [0, 0.05) is 44.0 Å². The molecule has 160 valence electrons. The minimum absolute atomic E-state index is 0.162. The number of carbonyl (C=O) groups excluding carboxylic acids is 1. The Labute approximate surface area is 180 Å². The number of hydrogen-bond donors (Lipinski definition) is 0. The van der Waals surface area contributed by atoms with Crippen LogP contribution < -0.4 is 4.90 Å². The molecule has 0 aliphatic rings. The lowest BCUT2D eigenvalue weighted by Gasteiger charge is -2.21. The molecule has 2 aromatic heterocycles. The molecule has 2 heterocycles. The van der Waals surface area contributed by atoms with Crippen LogP contribution in [0.2, 0.25) is 0 Å². The number of pyridine rings is 1. The molecule has 0 aliphatic carbocycles. The van der Waals surface area contributed by atoms with E-state index in [4.69, 9.17) is 4.98 Å². The fourth-order valence-corrected chi connectivity index (χ4v) is 3.82. The molecule has 0 saturated carbocycles. The first kappa shape index (κ1) is 21.9. The molecule has 0 bridgehead atoms. The molecule has 0 fully saturated rings. The summed E-state index contributed by atoms with van der Waals surface area (Å²) in [7, 11) is 1.88. The lowest BCUT2D eigenvalue weighted by Crippen LogP contribution is -2.28. The minimum Gasteiger partial charge on any atom is -0.372 e. The molecule has 0 aliphatic heterocycles. The molecule has 3 aromatic rings. The number of rotatable bonds is 8. The molecule has 0 saturated heterocycles. The van der Waals surface area contributed by atoms with Gasteiger partial charge in [0.1, 0.15) is 5.65 Å². The molecular formula is C25H34N4O. The van der Waals surface area contributed by atoms with E-state index >= 15 is 0 Å². The first-order valence-electron chi connectivity index (χ1n) is 10.9. The lowest BCUT2D eigenvalue weighted by molar-refractivity contribution is -0.131. The van der Waals surface area contributed by atoms with Crippen LogP contribution in [0.25, 0.3) is 16.9 Å². The average Bonchev–Trinajstić information content (AvgIpc) is 3.06. The van der Waals surface area contributed by atoms with Crippen LogP contribution >= 0.6 is 0 Å². The van der Waals surface area contributed by atoms with Crippen molar-refractivity contribution in [2.24, 2.45) is 5.92 Å². The normalized spacial score (nSPS) is 11.3. The van der Waals surface area contributed by atoms with E-state index in [2.05, 4.69) is 80.4 Å². The SMILES string of the molecule is CCN(CC)c1ccc(-c2nc3ccc(C)cn3c2CN(C)C(=O)CC(C)C)cc1. The molecule has 5 nitrogen and oxygen atoms in total. The molecule has 0 N–H and O–H groups in total. The van der Waals surface area contributed by atoms with E-state index in [-0.39, 0.29) is 5.91 Å². The van der Waals surface area contributed by atoms with Crippen molar-refractivity contribution in [2.45, 2.75) is 47.6 Å². The van der Waals surface area contributed by atoms with Gasteiger partial charge in [0.2, 0.25) is 5.91 Å². The maximum atomic E-state index is 12.6. The van der Waals surface area contributed by atoms with Crippen molar-refractivity contribution < 1.29 is 4.79 Å². The van der Waals surface area contributed by atoms with Gasteiger partial charge in [-0.3, -0.25) is 4.79 Å². The zero-order valence-corrected chi connectivity index (χ0v) is 19.1. The number of aromatic nitrogens is 2. The Bertz CT molecular complexity index is 1000. The topological polar surface area (TPSA) is 40.9 Å². The van der Waals surface area contributed by atoms with E-state index in [0.717, 1.165) is 35.7 Å². The first-order chi connectivity index (χ1) is 14.3. The van der Waals surface area contributed by atoms with E-state index in [9.17, 15) is 4.79 Å². The average molecular weight is 407 g/mol. The maximum Gasteiger partial charge on any atom is 0.222 e. The number of hydrogen-bond acceptors (Lipinski definition) is 3. The second-order valence-corrected chi connectivity index (χ2v) is 8.41. The molecule has 3 rings (SSSR count). The fourth-order valence-electron chi connectivity index (χ4n) is 3.82. The molecule has 1 aromatic carbocycles. The molecule has 0 spiro atoms. The lowest BCUT2D eigenvalue weighted by atomic mass is 10.1. The minimum atomic E-state index is 0.162. The fraction of sp³-hybridized carbons (Fsp3) is 0.440. The van der Waals surface area contributed by atoms with Crippen LogP contribution in [0, 0.1) is 12.8 Å². The van der Waals surface area contributed by atoms with Gasteiger partial charge < -0.3 is 14.2 Å². The molecule has 0 unspecified atom stereocenters. The Morgan fingerprint density at radius 2 is 1.73 bits per heavy atom. The predicted octanol–water partition coefficient (Wildman–Crippen LogP) is 5.16. The largest absolute Gasteiger partial charge is 0.372 e. The third-order valence-corrected chi connectivity index (χ3v) is 5.53. The van der Waals surface area contributed by atoms with Crippen molar-refractivity contribution in [3.8, 4) is 11.3 Å². The number of imidazole rings is 1. The molecular weight excluding hydrogens is 372 g/mol. The van der Waals surface area contributed by atoms with Crippen LogP contribution in [0.4, 0.5) is 5.69 Å². The third kappa shape index (κ3) is 4.66. The number of aryl methyl sites for hydroxylation is 1. The van der Waals surface area contributed by atoms with Crippen molar-refractivity contribution in [3.05, 3.63) is 53.9 Å². The Morgan fingerprint density at radius 3 is 2.33 bits per heavy atom. The van der Waals surface area contributed by atoms with Crippen LogP contribution in [0.15, 0.2) is 42.6 Å². The summed E-state index contributed by atoms with van der Waals surface area (Å²) in [5.41, 5.74) is 6.35. The summed E-state index contributed by atoms with van der Waals surface area (Å²) in [5, 5.41) is 0. The second-order valence-electron chi connectivity index (χ2n) is 8.41. The van der Waals surface area contributed by atoms with Crippen molar-refractivity contribution in [2.75, 3.05) is 25.0 Å². The predicted molar refractivity (Wildman–Crippen MR) is 125 cm³/mol. The highest BCUT2D eigenvalue weighted by Gasteiger charge is 2.19. The van der Waals surface area contributed by atoms with Crippen LogP contribution in [0.3, 0.4) is 0 Å². The summed E-state index contributed by atoms with van der Waals surface area (Å²) in [6, 6.07) is 12.7. The molecule has 1 amide bonds. The first-order valence-corrected chi connectivity index (χ1v) is 10.9. The number of nitrogens with zero attached hydrogens (tertiary/aromatic N) is 4. The van der Waals surface area contributed by atoms with Crippen LogP contribution in [-0.2, 0) is 11.3 Å². The molecule has 0 radical (unpaired) electrons. The van der Waals surface area contributed by atoms with Crippen molar-refractivity contribution in [1.29, 1.82) is 0 Å². The van der Waals surface area contributed by atoms with Crippen molar-refractivity contribution in [3.63, 3.8) is 0 Å². The Hall–Kier alpha value is -2.82. The molecule has 0 atom stereocenters. The van der Waals surface area contributed by atoms with Gasteiger partial charge in [0.15, 0.2) is 0 Å². The Kier molecular flexibility index (Phi) is 6.80. The zero-order chi connectivity index (χ0) is 21.8.